The van der Waals surface area contributed by atoms with Crippen LogP contribution >= 0.6 is 0 Å². The van der Waals surface area contributed by atoms with Gasteiger partial charge in [0.05, 0.1) is 16.7 Å². The van der Waals surface area contributed by atoms with Crippen molar-refractivity contribution in [3.05, 3.63) is 87.5 Å². The molecule has 1 aliphatic heterocycles. The molecule has 3 aromatic carbocycles. The summed E-state index contributed by atoms with van der Waals surface area (Å²) >= 11 is 0. The molecule has 182 valence electrons. The maximum atomic E-state index is 12.7. The molecule has 0 spiro atoms. The van der Waals surface area contributed by atoms with Gasteiger partial charge in [-0.1, -0.05) is 0 Å². The van der Waals surface area contributed by atoms with Gasteiger partial charge < -0.3 is 19.5 Å². The minimum Gasteiger partial charge on any atom is -0.454 e. The highest BCUT2D eigenvalue weighted by atomic mass is 16.7. The zero-order valence-electron chi connectivity index (χ0n) is 18.7. The number of fused-ring (bicyclic) bond motifs is 1. The highest BCUT2D eigenvalue weighted by Gasteiger charge is 2.19. The van der Waals surface area contributed by atoms with Gasteiger partial charge in [-0.15, -0.1) is 0 Å². The van der Waals surface area contributed by atoms with E-state index in [4.69, 9.17) is 14.2 Å². The van der Waals surface area contributed by atoms with Crippen molar-refractivity contribution in [1.29, 1.82) is 0 Å². The molecule has 0 fully saturated rings. The van der Waals surface area contributed by atoms with Crippen molar-refractivity contribution in [2.24, 2.45) is 5.10 Å². The van der Waals surface area contributed by atoms with Crippen LogP contribution in [0.5, 0.6) is 17.2 Å². The SMILES string of the molecule is CC(=O)Nc1ccc(C(=O)N/N=C/c2cc([N+](=O)[O-])ccc2OC(=O)c2ccc3c(c2)OCO3)cc1. The van der Waals surface area contributed by atoms with E-state index in [1.165, 1.54) is 43.3 Å². The van der Waals surface area contributed by atoms with Crippen LogP contribution in [0.15, 0.2) is 65.8 Å². The lowest BCUT2D eigenvalue weighted by atomic mass is 10.1. The number of nitrogens with one attached hydrogen (secondary N) is 2. The Morgan fingerprint density at radius 2 is 1.72 bits per heavy atom. The number of hydrogen-bond acceptors (Lipinski definition) is 9. The molecule has 36 heavy (non-hydrogen) atoms. The fraction of sp³-hybridized carbons (Fsp3) is 0.0833. The zero-order chi connectivity index (χ0) is 25.7. The number of carbonyl (C=O) groups is 3. The summed E-state index contributed by atoms with van der Waals surface area (Å²) in [6.45, 7) is 1.41. The molecule has 12 nitrogen and oxygen atoms in total. The second kappa shape index (κ2) is 10.3. The molecular weight excluding hydrogens is 472 g/mol. The van der Waals surface area contributed by atoms with Crippen molar-refractivity contribution in [3.8, 4) is 17.2 Å². The first-order valence-electron chi connectivity index (χ1n) is 10.4. The van der Waals surface area contributed by atoms with Crippen molar-refractivity contribution in [2.45, 2.75) is 6.92 Å². The Morgan fingerprint density at radius 1 is 1.00 bits per heavy atom. The quantitative estimate of drug-likeness (QED) is 0.168. The number of hydrogen-bond donors (Lipinski definition) is 2. The molecule has 12 heteroatoms. The first kappa shape index (κ1) is 23.9. The van der Waals surface area contributed by atoms with Gasteiger partial charge in [0.25, 0.3) is 11.6 Å². The van der Waals surface area contributed by atoms with Crippen LogP contribution in [0.1, 0.15) is 33.2 Å². The standard InChI is InChI=1S/C24H18N4O8/c1-14(29)26-18-5-2-15(3-6-18)23(30)27-25-12-17-10-19(28(32)33)7-9-20(17)36-24(31)16-4-8-21-22(11-16)35-13-34-21/h2-12H,13H2,1H3,(H,26,29)(H,27,30)/b25-12+. The van der Waals surface area contributed by atoms with Gasteiger partial charge in [-0.2, -0.15) is 5.10 Å². The lowest BCUT2D eigenvalue weighted by Crippen LogP contribution is -2.18. The third kappa shape index (κ3) is 5.62. The molecule has 4 rings (SSSR count). The molecular formula is C24H18N4O8. The number of non-ortho nitro benzene ring substituents is 1. The fourth-order valence-electron chi connectivity index (χ4n) is 3.16. The second-order valence-electron chi connectivity index (χ2n) is 7.39. The predicted octanol–water partition coefficient (Wildman–Crippen LogP) is 3.27. The van der Waals surface area contributed by atoms with Crippen LogP contribution in [0.3, 0.4) is 0 Å². The minimum atomic E-state index is -0.736. The smallest absolute Gasteiger partial charge is 0.343 e. The van der Waals surface area contributed by atoms with Crippen LogP contribution in [-0.4, -0.2) is 35.7 Å². The molecule has 0 aromatic heterocycles. The maximum Gasteiger partial charge on any atom is 0.343 e. The summed E-state index contributed by atoms with van der Waals surface area (Å²) < 4.78 is 15.9. The van der Waals surface area contributed by atoms with Gasteiger partial charge in [0.2, 0.25) is 12.7 Å². The zero-order valence-corrected chi connectivity index (χ0v) is 18.7. The van der Waals surface area contributed by atoms with Crippen LogP contribution < -0.4 is 25.0 Å². The predicted molar refractivity (Wildman–Crippen MR) is 126 cm³/mol. The van der Waals surface area contributed by atoms with E-state index in [1.807, 2.05) is 0 Å². The van der Waals surface area contributed by atoms with Gasteiger partial charge in [0.15, 0.2) is 11.5 Å². The number of nitro groups is 1. The summed E-state index contributed by atoms with van der Waals surface area (Å²) in [4.78, 5) is 46.7. The van der Waals surface area contributed by atoms with E-state index in [0.717, 1.165) is 12.3 Å². The molecule has 1 heterocycles. The number of ether oxygens (including phenoxy) is 3. The molecule has 0 radical (unpaired) electrons. The monoisotopic (exact) mass is 490 g/mol. The van der Waals surface area contributed by atoms with E-state index in [0.29, 0.717) is 17.2 Å². The summed E-state index contributed by atoms with van der Waals surface area (Å²) in [6.07, 6.45) is 1.12. The number of carbonyl (C=O) groups excluding carboxylic acids is 3. The van der Waals surface area contributed by atoms with Gasteiger partial charge in [0, 0.05) is 35.9 Å². The molecule has 0 unspecified atom stereocenters. The second-order valence-corrected chi connectivity index (χ2v) is 7.39. The Bertz CT molecular complexity index is 1390. The van der Waals surface area contributed by atoms with E-state index in [-0.39, 0.29) is 40.8 Å². The number of amides is 2. The Hall–Kier alpha value is -5.26. The summed E-state index contributed by atoms with van der Waals surface area (Å²) in [6, 6.07) is 14.2. The van der Waals surface area contributed by atoms with E-state index >= 15 is 0 Å². The lowest BCUT2D eigenvalue weighted by Gasteiger charge is -2.08. The molecule has 0 saturated heterocycles. The minimum absolute atomic E-state index is 0.0130. The van der Waals surface area contributed by atoms with Crippen LogP contribution in [-0.2, 0) is 4.79 Å². The van der Waals surface area contributed by atoms with Crippen LogP contribution in [0.4, 0.5) is 11.4 Å². The largest absolute Gasteiger partial charge is 0.454 e. The maximum absolute atomic E-state index is 12.7. The molecule has 2 N–H and O–H groups in total. The molecule has 0 bridgehead atoms. The van der Waals surface area contributed by atoms with E-state index in [2.05, 4.69) is 15.8 Å². The first-order valence-corrected chi connectivity index (χ1v) is 10.4. The van der Waals surface area contributed by atoms with Gasteiger partial charge >= 0.3 is 5.97 Å². The fourth-order valence-corrected chi connectivity index (χ4v) is 3.16. The highest BCUT2D eigenvalue weighted by molar-refractivity contribution is 5.97. The first-order chi connectivity index (χ1) is 17.3. The number of hydrazone groups is 1. The third-order valence-electron chi connectivity index (χ3n) is 4.85. The summed E-state index contributed by atoms with van der Waals surface area (Å²) in [7, 11) is 0. The highest BCUT2D eigenvalue weighted by Crippen LogP contribution is 2.33. The molecule has 0 aliphatic carbocycles. The van der Waals surface area contributed by atoms with E-state index in [9.17, 15) is 24.5 Å². The van der Waals surface area contributed by atoms with Gasteiger partial charge in [-0.3, -0.25) is 19.7 Å². The van der Waals surface area contributed by atoms with Gasteiger partial charge in [-0.25, -0.2) is 10.2 Å². The van der Waals surface area contributed by atoms with Crippen LogP contribution in [0.2, 0.25) is 0 Å². The Kier molecular flexibility index (Phi) is 6.86. The third-order valence-corrected chi connectivity index (χ3v) is 4.85. The number of esters is 1. The number of rotatable bonds is 7. The van der Waals surface area contributed by atoms with Gasteiger partial charge in [-0.05, 0) is 48.5 Å². The average Bonchev–Trinajstić information content (AvgIpc) is 3.33. The molecule has 0 saturated carbocycles. The Balaban J connectivity index is 1.49. The number of nitrogens with zero attached hydrogens (tertiary/aromatic N) is 2. The van der Waals surface area contributed by atoms with E-state index < -0.39 is 16.8 Å². The number of nitro benzene ring substituents is 1. The molecule has 3 aromatic rings. The van der Waals surface area contributed by atoms with Gasteiger partial charge in [0.1, 0.15) is 5.75 Å². The lowest BCUT2D eigenvalue weighted by molar-refractivity contribution is -0.384. The molecule has 1 aliphatic rings. The van der Waals surface area contributed by atoms with Crippen LogP contribution in [0, 0.1) is 10.1 Å². The van der Waals surface area contributed by atoms with Crippen molar-refractivity contribution in [1.82, 2.24) is 5.43 Å². The summed E-state index contributed by atoms with van der Waals surface area (Å²) in [5.74, 6) is -0.673. The van der Waals surface area contributed by atoms with Crippen molar-refractivity contribution < 1.29 is 33.5 Å². The average molecular weight is 490 g/mol. The molecule has 0 atom stereocenters. The number of anilines is 1. The molecule has 2 amide bonds. The van der Waals surface area contributed by atoms with Crippen molar-refractivity contribution in [3.63, 3.8) is 0 Å². The summed E-state index contributed by atoms with van der Waals surface area (Å²) in [5.41, 5.74) is 3.08. The van der Waals surface area contributed by atoms with E-state index in [1.54, 1.807) is 18.2 Å². The van der Waals surface area contributed by atoms with Crippen molar-refractivity contribution >= 4 is 35.4 Å². The normalized spacial score (nSPS) is 11.7. The Morgan fingerprint density at radius 3 is 2.44 bits per heavy atom. The summed E-state index contributed by atoms with van der Waals surface area (Å²) in [5, 5.41) is 17.6. The Labute approximate surface area is 203 Å². The van der Waals surface area contributed by atoms with Crippen molar-refractivity contribution in [2.75, 3.05) is 12.1 Å². The van der Waals surface area contributed by atoms with Crippen LogP contribution in [0.25, 0.3) is 0 Å². The number of benzene rings is 3. The topological polar surface area (TPSA) is 158 Å².